The molecule has 3 rings (SSSR count). The van der Waals surface area contributed by atoms with E-state index in [1.165, 1.54) is 0 Å². The number of amides is 3. The molecular weight excluding hydrogens is 318 g/mol. The summed E-state index contributed by atoms with van der Waals surface area (Å²) in [6.45, 7) is 6.19. The van der Waals surface area contributed by atoms with Crippen LogP contribution in [0.25, 0.3) is 0 Å². The molecule has 2 aliphatic rings. The number of carbonyl (C=O) groups excluding carboxylic acids is 3. The van der Waals surface area contributed by atoms with Gasteiger partial charge in [0.1, 0.15) is 5.66 Å². The minimum absolute atomic E-state index is 0.0245. The van der Waals surface area contributed by atoms with E-state index < -0.39 is 5.66 Å². The first-order valence-corrected chi connectivity index (χ1v) is 8.92. The normalized spacial score (nSPS) is 23.3. The maximum absolute atomic E-state index is 13.0. The fourth-order valence-electron chi connectivity index (χ4n) is 3.70. The summed E-state index contributed by atoms with van der Waals surface area (Å²) in [6, 6.07) is 7.32. The number of hydrogen-bond donors (Lipinski definition) is 1. The molecule has 0 radical (unpaired) electrons. The van der Waals surface area contributed by atoms with Crippen molar-refractivity contribution in [1.82, 2.24) is 10.2 Å². The first-order valence-electron chi connectivity index (χ1n) is 8.92. The van der Waals surface area contributed by atoms with Crippen LogP contribution in [-0.4, -0.2) is 40.9 Å². The Morgan fingerprint density at radius 3 is 2.76 bits per heavy atom. The summed E-state index contributed by atoms with van der Waals surface area (Å²) in [5, 5.41) is 2.93. The number of anilines is 1. The van der Waals surface area contributed by atoms with Crippen LogP contribution in [0.1, 0.15) is 56.8 Å². The summed E-state index contributed by atoms with van der Waals surface area (Å²) in [5.41, 5.74) is 0.509. The number of rotatable bonds is 5. The van der Waals surface area contributed by atoms with Gasteiger partial charge in [-0.25, -0.2) is 0 Å². The van der Waals surface area contributed by atoms with Gasteiger partial charge in [-0.1, -0.05) is 19.1 Å². The predicted octanol–water partition coefficient (Wildman–Crippen LogP) is 2.29. The topological polar surface area (TPSA) is 69.7 Å². The lowest BCUT2D eigenvalue weighted by Crippen LogP contribution is -2.62. The van der Waals surface area contributed by atoms with Crippen molar-refractivity contribution in [3.63, 3.8) is 0 Å². The highest BCUT2D eigenvalue weighted by Crippen LogP contribution is 2.43. The van der Waals surface area contributed by atoms with Crippen molar-refractivity contribution in [3.8, 4) is 0 Å². The zero-order valence-electron chi connectivity index (χ0n) is 15.0. The zero-order chi connectivity index (χ0) is 18.2. The Balaban J connectivity index is 1.86. The van der Waals surface area contributed by atoms with Gasteiger partial charge in [0.05, 0.1) is 11.3 Å². The molecule has 2 atom stereocenters. The Bertz CT molecular complexity index is 718. The van der Waals surface area contributed by atoms with Gasteiger partial charge in [0.15, 0.2) is 0 Å². The molecule has 0 bridgehead atoms. The lowest BCUT2D eigenvalue weighted by Gasteiger charge is -2.48. The summed E-state index contributed by atoms with van der Waals surface area (Å²) >= 11 is 0. The average Bonchev–Trinajstić information content (AvgIpc) is 2.90. The van der Waals surface area contributed by atoms with E-state index in [4.69, 9.17) is 0 Å². The Kier molecular flexibility index (Phi) is 4.54. The van der Waals surface area contributed by atoms with Crippen molar-refractivity contribution in [2.45, 2.75) is 58.2 Å². The number of nitrogens with zero attached hydrogens (tertiary/aromatic N) is 2. The van der Waals surface area contributed by atoms with E-state index in [0.717, 1.165) is 6.42 Å². The van der Waals surface area contributed by atoms with Crippen LogP contribution in [0.3, 0.4) is 0 Å². The van der Waals surface area contributed by atoms with Gasteiger partial charge >= 0.3 is 0 Å². The highest BCUT2D eigenvalue weighted by atomic mass is 16.2. The smallest absolute Gasteiger partial charge is 0.257 e. The van der Waals surface area contributed by atoms with E-state index in [1.54, 1.807) is 21.9 Å². The summed E-state index contributed by atoms with van der Waals surface area (Å²) in [6.07, 6.45) is 2.09. The van der Waals surface area contributed by atoms with Crippen LogP contribution in [0.4, 0.5) is 5.69 Å². The Labute approximate surface area is 148 Å². The summed E-state index contributed by atoms with van der Waals surface area (Å²) in [7, 11) is 0. The minimum atomic E-state index is -0.695. The molecule has 1 aromatic rings. The predicted molar refractivity (Wildman–Crippen MR) is 95.1 cm³/mol. The van der Waals surface area contributed by atoms with E-state index in [1.807, 2.05) is 32.9 Å². The van der Waals surface area contributed by atoms with Crippen molar-refractivity contribution in [3.05, 3.63) is 29.8 Å². The first-order chi connectivity index (χ1) is 11.9. The maximum Gasteiger partial charge on any atom is 0.257 e. The number of nitrogens with one attached hydrogen (secondary N) is 1. The molecule has 1 fully saturated rings. The molecule has 0 aliphatic carbocycles. The van der Waals surface area contributed by atoms with Crippen LogP contribution in [-0.2, 0) is 9.59 Å². The number of fused-ring (bicyclic) bond motifs is 3. The second-order valence-electron chi connectivity index (χ2n) is 7.05. The number of benzene rings is 1. The summed E-state index contributed by atoms with van der Waals surface area (Å²) in [4.78, 5) is 41.0. The monoisotopic (exact) mass is 343 g/mol. The maximum atomic E-state index is 13.0. The minimum Gasteiger partial charge on any atom is -0.354 e. The van der Waals surface area contributed by atoms with Gasteiger partial charge < -0.3 is 10.2 Å². The lowest BCUT2D eigenvalue weighted by molar-refractivity contribution is -0.122. The largest absolute Gasteiger partial charge is 0.354 e. The van der Waals surface area contributed by atoms with E-state index in [0.29, 0.717) is 30.6 Å². The van der Waals surface area contributed by atoms with Crippen molar-refractivity contribution < 1.29 is 14.4 Å². The van der Waals surface area contributed by atoms with E-state index in [-0.39, 0.29) is 30.2 Å². The standard InChI is InChI=1S/C19H25N3O3/c1-4-13(2)20-16(23)10-12-21-18(25)14-7-5-6-8-15(14)22-17(24)9-11-19(21,22)3/h5-8,13H,4,9-12H2,1-3H3,(H,20,23). The fourth-order valence-corrected chi connectivity index (χ4v) is 3.70. The van der Waals surface area contributed by atoms with Gasteiger partial charge in [-0.15, -0.1) is 0 Å². The van der Waals surface area contributed by atoms with Crippen molar-refractivity contribution in [1.29, 1.82) is 0 Å². The quantitative estimate of drug-likeness (QED) is 0.892. The lowest BCUT2D eigenvalue weighted by atomic mass is 9.98. The molecule has 3 amide bonds. The molecular formula is C19H25N3O3. The van der Waals surface area contributed by atoms with Crippen molar-refractivity contribution in [2.75, 3.05) is 11.4 Å². The number of carbonyl (C=O) groups is 3. The molecule has 0 saturated carbocycles. The molecule has 0 spiro atoms. The van der Waals surface area contributed by atoms with Gasteiger partial charge in [0.25, 0.3) is 5.91 Å². The summed E-state index contributed by atoms with van der Waals surface area (Å²) in [5.74, 6) is -0.155. The van der Waals surface area contributed by atoms with E-state index >= 15 is 0 Å². The van der Waals surface area contributed by atoms with Gasteiger partial charge in [-0.3, -0.25) is 19.3 Å². The molecule has 2 heterocycles. The molecule has 1 aromatic carbocycles. The highest BCUT2D eigenvalue weighted by molar-refractivity contribution is 6.10. The third-order valence-electron chi connectivity index (χ3n) is 5.33. The number of para-hydroxylation sites is 1. The molecule has 1 N–H and O–H groups in total. The van der Waals surface area contributed by atoms with Crippen LogP contribution in [0.15, 0.2) is 24.3 Å². The molecule has 25 heavy (non-hydrogen) atoms. The molecule has 1 saturated heterocycles. The Hall–Kier alpha value is -2.37. The molecule has 6 nitrogen and oxygen atoms in total. The van der Waals surface area contributed by atoms with Gasteiger partial charge in [0.2, 0.25) is 11.8 Å². The molecule has 2 unspecified atom stereocenters. The highest BCUT2D eigenvalue weighted by Gasteiger charge is 2.52. The Morgan fingerprint density at radius 2 is 2.04 bits per heavy atom. The number of hydrogen-bond acceptors (Lipinski definition) is 3. The molecule has 134 valence electrons. The van der Waals surface area contributed by atoms with Crippen molar-refractivity contribution in [2.24, 2.45) is 0 Å². The second-order valence-corrected chi connectivity index (χ2v) is 7.05. The third kappa shape index (κ3) is 2.90. The van der Waals surface area contributed by atoms with Gasteiger partial charge in [0, 0.05) is 25.4 Å². The molecule has 0 aromatic heterocycles. The molecule has 6 heteroatoms. The van der Waals surface area contributed by atoms with Crippen LogP contribution < -0.4 is 10.2 Å². The van der Waals surface area contributed by atoms with Crippen LogP contribution in [0, 0.1) is 0 Å². The average molecular weight is 343 g/mol. The zero-order valence-corrected chi connectivity index (χ0v) is 15.0. The van der Waals surface area contributed by atoms with Gasteiger partial charge in [-0.2, -0.15) is 0 Å². The third-order valence-corrected chi connectivity index (χ3v) is 5.33. The van der Waals surface area contributed by atoms with Crippen LogP contribution in [0.2, 0.25) is 0 Å². The van der Waals surface area contributed by atoms with E-state index in [2.05, 4.69) is 5.32 Å². The van der Waals surface area contributed by atoms with Gasteiger partial charge in [-0.05, 0) is 38.8 Å². The second kappa shape index (κ2) is 6.50. The van der Waals surface area contributed by atoms with Crippen molar-refractivity contribution >= 4 is 23.4 Å². The first kappa shape index (κ1) is 17.5. The SMILES string of the molecule is CCC(C)NC(=O)CCN1C(=O)c2ccccc2N2C(=O)CCC12C. The fraction of sp³-hybridized carbons (Fsp3) is 0.526. The van der Waals surface area contributed by atoms with Crippen LogP contribution in [0.5, 0.6) is 0 Å². The van der Waals surface area contributed by atoms with Crippen LogP contribution >= 0.6 is 0 Å². The Morgan fingerprint density at radius 1 is 1.32 bits per heavy atom. The molecule has 2 aliphatic heterocycles. The van der Waals surface area contributed by atoms with E-state index in [9.17, 15) is 14.4 Å². The summed E-state index contributed by atoms with van der Waals surface area (Å²) < 4.78 is 0.